The number of carbonyl (C=O) groups is 1. The van der Waals surface area contributed by atoms with E-state index in [2.05, 4.69) is 17.2 Å². The van der Waals surface area contributed by atoms with Crippen molar-refractivity contribution in [1.82, 2.24) is 5.32 Å². The van der Waals surface area contributed by atoms with Crippen LogP contribution in [0.25, 0.3) is 0 Å². The van der Waals surface area contributed by atoms with E-state index in [4.69, 9.17) is 11.5 Å². The first-order valence-electron chi connectivity index (χ1n) is 14.0. The van der Waals surface area contributed by atoms with Gasteiger partial charge in [0.05, 0.1) is 0 Å². The summed E-state index contributed by atoms with van der Waals surface area (Å²) in [5.74, 6) is 0.224. The van der Waals surface area contributed by atoms with E-state index in [1.807, 2.05) is 0 Å². The van der Waals surface area contributed by atoms with Gasteiger partial charge >= 0.3 is 0 Å². The molecule has 0 aliphatic heterocycles. The number of unbranched alkanes of at least 4 members (excludes halogenated alkanes) is 19. The average molecular weight is 489 g/mol. The minimum absolute atomic E-state index is 0. The standard InChI is InChI=1S/C27H56N4O.ClH/c1-2-3-4-5-6-7-8-9-10-11-12-13-14-15-16-17-18-19-20-23-26(32)31-27(29)30-25-22-21-24-28;/h2-25,28H2,1H3,(H3,29,30,31,32);1H. The van der Waals surface area contributed by atoms with E-state index in [1.54, 1.807) is 0 Å². The summed E-state index contributed by atoms with van der Waals surface area (Å²) in [5, 5.41) is 2.67. The van der Waals surface area contributed by atoms with Crippen molar-refractivity contribution < 1.29 is 4.79 Å². The first kappa shape index (κ1) is 34.4. The van der Waals surface area contributed by atoms with Gasteiger partial charge in [-0.25, -0.2) is 0 Å². The van der Waals surface area contributed by atoms with Gasteiger partial charge in [0.15, 0.2) is 5.96 Å². The van der Waals surface area contributed by atoms with E-state index in [0.717, 1.165) is 25.7 Å². The summed E-state index contributed by atoms with van der Waals surface area (Å²) in [6.07, 6.45) is 28.2. The van der Waals surface area contributed by atoms with Crippen LogP contribution in [-0.4, -0.2) is 25.0 Å². The molecular formula is C27H57ClN4O. The van der Waals surface area contributed by atoms with Gasteiger partial charge in [0, 0.05) is 13.0 Å². The number of aliphatic imine (C=N–C) groups is 1. The van der Waals surface area contributed by atoms with Gasteiger partial charge in [-0.05, 0) is 25.8 Å². The van der Waals surface area contributed by atoms with Gasteiger partial charge in [-0.1, -0.05) is 122 Å². The van der Waals surface area contributed by atoms with Crippen molar-refractivity contribution in [3.8, 4) is 0 Å². The van der Waals surface area contributed by atoms with Crippen LogP contribution >= 0.6 is 12.4 Å². The minimum Gasteiger partial charge on any atom is -0.370 e. The zero-order valence-corrected chi connectivity index (χ0v) is 22.7. The lowest BCUT2D eigenvalue weighted by Gasteiger charge is -2.05. The number of halogens is 1. The summed E-state index contributed by atoms with van der Waals surface area (Å²) in [7, 11) is 0. The molecule has 5 N–H and O–H groups in total. The predicted octanol–water partition coefficient (Wildman–Crippen LogP) is 7.40. The van der Waals surface area contributed by atoms with Crippen LogP contribution in [0.4, 0.5) is 0 Å². The molecule has 0 fully saturated rings. The minimum atomic E-state index is -0.0166. The number of amides is 1. The second-order valence-electron chi connectivity index (χ2n) is 9.42. The van der Waals surface area contributed by atoms with Crippen LogP contribution in [0, 0.1) is 0 Å². The first-order chi connectivity index (χ1) is 15.7. The molecule has 0 radical (unpaired) electrons. The Hall–Kier alpha value is -0.810. The van der Waals surface area contributed by atoms with Crippen LogP contribution in [-0.2, 0) is 4.79 Å². The maximum Gasteiger partial charge on any atom is 0.226 e. The van der Waals surface area contributed by atoms with Crippen molar-refractivity contribution in [3.05, 3.63) is 0 Å². The number of hydrogen-bond donors (Lipinski definition) is 3. The Labute approximate surface area is 212 Å². The lowest BCUT2D eigenvalue weighted by molar-refractivity contribution is -0.119. The highest BCUT2D eigenvalue weighted by Gasteiger charge is 2.03. The highest BCUT2D eigenvalue weighted by Crippen LogP contribution is 2.14. The molecule has 0 aromatic heterocycles. The molecule has 0 aliphatic carbocycles. The number of nitrogens with one attached hydrogen (secondary N) is 1. The number of guanidine groups is 1. The van der Waals surface area contributed by atoms with Gasteiger partial charge in [-0.2, -0.15) is 0 Å². The van der Waals surface area contributed by atoms with Crippen molar-refractivity contribution in [2.45, 2.75) is 148 Å². The van der Waals surface area contributed by atoms with Crippen LogP contribution in [0.5, 0.6) is 0 Å². The molecule has 6 heteroatoms. The SMILES string of the molecule is CCCCCCCCCCCCCCCCCCCCCC(=O)NC(N)=NCCCCN.Cl. The van der Waals surface area contributed by atoms with E-state index in [9.17, 15) is 4.79 Å². The lowest BCUT2D eigenvalue weighted by Crippen LogP contribution is -2.36. The van der Waals surface area contributed by atoms with E-state index < -0.39 is 0 Å². The molecule has 0 rings (SSSR count). The quantitative estimate of drug-likeness (QED) is 0.0749. The fraction of sp³-hybridized carbons (Fsp3) is 0.926. The van der Waals surface area contributed by atoms with E-state index in [1.165, 1.54) is 109 Å². The van der Waals surface area contributed by atoms with Gasteiger partial charge < -0.3 is 11.5 Å². The number of nitrogens with zero attached hydrogens (tertiary/aromatic N) is 1. The maximum atomic E-state index is 11.8. The zero-order valence-electron chi connectivity index (χ0n) is 21.9. The van der Waals surface area contributed by atoms with Gasteiger partial charge in [0.1, 0.15) is 0 Å². The van der Waals surface area contributed by atoms with Crippen molar-refractivity contribution >= 4 is 24.3 Å². The molecule has 0 aromatic rings. The average Bonchev–Trinajstić information content (AvgIpc) is 2.78. The first-order valence-corrected chi connectivity index (χ1v) is 14.0. The molecule has 0 saturated heterocycles. The zero-order chi connectivity index (χ0) is 23.5. The van der Waals surface area contributed by atoms with Crippen molar-refractivity contribution in [3.63, 3.8) is 0 Å². The van der Waals surface area contributed by atoms with Crippen LogP contribution in [0.2, 0.25) is 0 Å². The molecule has 1 amide bonds. The monoisotopic (exact) mass is 488 g/mol. The molecular weight excluding hydrogens is 432 g/mol. The highest BCUT2D eigenvalue weighted by molar-refractivity contribution is 5.96. The smallest absolute Gasteiger partial charge is 0.226 e. The van der Waals surface area contributed by atoms with Crippen molar-refractivity contribution in [2.75, 3.05) is 13.1 Å². The number of nitrogens with two attached hydrogens (primary N) is 2. The largest absolute Gasteiger partial charge is 0.370 e. The molecule has 0 bridgehead atoms. The molecule has 0 aliphatic rings. The number of hydrogen-bond acceptors (Lipinski definition) is 3. The molecule has 0 saturated carbocycles. The highest BCUT2D eigenvalue weighted by atomic mass is 35.5. The summed E-state index contributed by atoms with van der Waals surface area (Å²) >= 11 is 0. The molecule has 33 heavy (non-hydrogen) atoms. The van der Waals surface area contributed by atoms with Crippen molar-refractivity contribution in [1.29, 1.82) is 0 Å². The Morgan fingerprint density at radius 1 is 0.636 bits per heavy atom. The summed E-state index contributed by atoms with van der Waals surface area (Å²) in [4.78, 5) is 16.0. The lowest BCUT2D eigenvalue weighted by atomic mass is 10.0. The summed E-state index contributed by atoms with van der Waals surface area (Å²) in [5.41, 5.74) is 11.2. The Kier molecular flexibility index (Phi) is 30.4. The van der Waals surface area contributed by atoms with Crippen LogP contribution in [0.3, 0.4) is 0 Å². The van der Waals surface area contributed by atoms with Crippen LogP contribution in [0.1, 0.15) is 148 Å². The second kappa shape index (κ2) is 29.2. The number of rotatable bonds is 24. The molecule has 0 aromatic carbocycles. The second-order valence-corrected chi connectivity index (χ2v) is 9.42. The van der Waals surface area contributed by atoms with Gasteiger partial charge in [-0.15, -0.1) is 12.4 Å². The topological polar surface area (TPSA) is 93.5 Å². The molecule has 0 unspecified atom stereocenters. The summed E-state index contributed by atoms with van der Waals surface area (Å²) in [6, 6.07) is 0. The summed E-state index contributed by atoms with van der Waals surface area (Å²) < 4.78 is 0. The summed E-state index contributed by atoms with van der Waals surface area (Å²) in [6.45, 7) is 3.58. The molecule has 0 heterocycles. The fourth-order valence-electron chi connectivity index (χ4n) is 4.06. The Morgan fingerprint density at radius 3 is 1.42 bits per heavy atom. The van der Waals surface area contributed by atoms with Gasteiger partial charge in [0.2, 0.25) is 5.91 Å². The Morgan fingerprint density at radius 2 is 1.03 bits per heavy atom. The van der Waals surface area contributed by atoms with Crippen LogP contribution in [0.15, 0.2) is 4.99 Å². The molecule has 198 valence electrons. The Balaban J connectivity index is 0. The van der Waals surface area contributed by atoms with Gasteiger partial charge in [-0.3, -0.25) is 15.1 Å². The van der Waals surface area contributed by atoms with Gasteiger partial charge in [0.25, 0.3) is 0 Å². The maximum absolute atomic E-state index is 11.8. The third-order valence-electron chi connectivity index (χ3n) is 6.17. The third kappa shape index (κ3) is 29.2. The van der Waals surface area contributed by atoms with E-state index >= 15 is 0 Å². The molecule has 0 spiro atoms. The van der Waals surface area contributed by atoms with E-state index in [-0.39, 0.29) is 24.3 Å². The molecule has 5 nitrogen and oxygen atoms in total. The Bertz CT molecular complexity index is 432. The van der Waals surface area contributed by atoms with Crippen molar-refractivity contribution in [2.24, 2.45) is 16.5 Å². The molecule has 0 atom stereocenters. The predicted molar refractivity (Wildman–Crippen MR) is 148 cm³/mol. The van der Waals surface area contributed by atoms with Crippen LogP contribution < -0.4 is 16.8 Å². The normalized spacial score (nSPS) is 11.4. The fourth-order valence-corrected chi connectivity index (χ4v) is 4.06. The van der Waals surface area contributed by atoms with E-state index in [0.29, 0.717) is 19.5 Å². The third-order valence-corrected chi connectivity index (χ3v) is 6.17. The number of carbonyl (C=O) groups excluding carboxylic acids is 1.